The molecular formula is C23H33N3O2. The highest BCUT2D eigenvalue weighted by molar-refractivity contribution is 5.82. The molecule has 1 aromatic heterocycles. The first-order valence-corrected chi connectivity index (χ1v) is 10.4. The summed E-state index contributed by atoms with van der Waals surface area (Å²) in [6.45, 7) is 10.3. The second-order valence-corrected chi connectivity index (χ2v) is 8.33. The van der Waals surface area contributed by atoms with Crippen molar-refractivity contribution in [2.45, 2.75) is 64.5 Å². The molecular weight excluding hydrogens is 350 g/mol. The van der Waals surface area contributed by atoms with Gasteiger partial charge in [-0.25, -0.2) is 0 Å². The Hall–Kier alpha value is -2.14. The Bertz CT molecular complexity index is 774. The van der Waals surface area contributed by atoms with Gasteiger partial charge in [0.2, 0.25) is 0 Å². The minimum Gasteiger partial charge on any atom is -0.367 e. The number of carbonyl (C=O) groups excluding carboxylic acids is 1. The third kappa shape index (κ3) is 4.30. The second kappa shape index (κ2) is 8.91. The fourth-order valence-corrected chi connectivity index (χ4v) is 3.94. The Morgan fingerprint density at radius 3 is 2.25 bits per heavy atom. The maximum Gasteiger partial charge on any atom is 0.256 e. The van der Waals surface area contributed by atoms with Gasteiger partial charge >= 0.3 is 0 Å². The van der Waals surface area contributed by atoms with Crippen LogP contribution in [0.5, 0.6) is 0 Å². The summed E-state index contributed by atoms with van der Waals surface area (Å²) in [5.74, 6) is 0.920. The lowest BCUT2D eigenvalue weighted by Gasteiger charge is -2.35. The maximum absolute atomic E-state index is 13.0. The van der Waals surface area contributed by atoms with Crippen molar-refractivity contribution >= 4 is 5.91 Å². The van der Waals surface area contributed by atoms with Crippen molar-refractivity contribution in [3.63, 3.8) is 0 Å². The molecule has 1 atom stereocenters. The maximum atomic E-state index is 13.0. The van der Waals surface area contributed by atoms with Crippen molar-refractivity contribution < 1.29 is 9.53 Å². The van der Waals surface area contributed by atoms with Gasteiger partial charge in [0.1, 0.15) is 0 Å². The van der Waals surface area contributed by atoms with Crippen molar-refractivity contribution in [1.82, 2.24) is 14.7 Å². The van der Waals surface area contributed by atoms with Gasteiger partial charge in [-0.1, -0.05) is 58.0 Å². The average molecular weight is 384 g/mol. The molecule has 1 aromatic carbocycles. The van der Waals surface area contributed by atoms with E-state index >= 15 is 0 Å². The summed E-state index contributed by atoms with van der Waals surface area (Å²) >= 11 is 0. The van der Waals surface area contributed by atoms with Crippen molar-refractivity contribution in [3.8, 4) is 0 Å². The van der Waals surface area contributed by atoms with E-state index in [1.54, 1.807) is 7.11 Å². The fourth-order valence-electron chi connectivity index (χ4n) is 3.94. The van der Waals surface area contributed by atoms with Crippen molar-refractivity contribution in [1.29, 1.82) is 0 Å². The molecule has 2 aromatic rings. The van der Waals surface area contributed by atoms with Crippen LogP contribution in [0.1, 0.15) is 81.5 Å². The summed E-state index contributed by atoms with van der Waals surface area (Å²) in [5.41, 5.74) is 3.37. The molecule has 1 unspecified atom stereocenters. The normalized spacial score (nSPS) is 16.8. The number of methoxy groups -OCH3 is 1. The number of piperidine rings is 1. The standard InChI is InChI=1S/C23H33N3O2/c1-16(2)20-15-21(17(3)4)26(24-20)19-11-13-25(14-12-19)23(27)22(28-5)18-9-7-6-8-10-18/h6-10,15-17,19,22H,11-14H2,1-5H3. The van der Waals surface area contributed by atoms with Crippen LogP contribution in [0.3, 0.4) is 0 Å². The van der Waals surface area contributed by atoms with E-state index in [9.17, 15) is 4.79 Å². The Morgan fingerprint density at radius 2 is 1.71 bits per heavy atom. The molecule has 152 valence electrons. The number of likely N-dealkylation sites (tertiary alicyclic amines) is 1. The quantitative estimate of drug-likeness (QED) is 0.727. The van der Waals surface area contributed by atoms with Gasteiger partial charge in [-0.3, -0.25) is 9.48 Å². The smallest absolute Gasteiger partial charge is 0.256 e. The summed E-state index contributed by atoms with van der Waals surface area (Å²) in [6, 6.07) is 12.3. The number of ether oxygens (including phenoxy) is 1. The predicted octanol–water partition coefficient (Wildman–Crippen LogP) is 4.68. The predicted molar refractivity (Wildman–Crippen MR) is 111 cm³/mol. The van der Waals surface area contributed by atoms with E-state index in [0.717, 1.165) is 37.2 Å². The van der Waals surface area contributed by atoms with Crippen molar-refractivity contribution in [3.05, 3.63) is 53.3 Å². The zero-order valence-corrected chi connectivity index (χ0v) is 17.8. The van der Waals surface area contributed by atoms with Crippen LogP contribution in [0.4, 0.5) is 0 Å². The van der Waals surface area contributed by atoms with Gasteiger partial charge in [0.15, 0.2) is 6.10 Å². The molecule has 2 heterocycles. The molecule has 0 spiro atoms. The first-order chi connectivity index (χ1) is 13.4. The molecule has 5 nitrogen and oxygen atoms in total. The summed E-state index contributed by atoms with van der Waals surface area (Å²) < 4.78 is 7.76. The SMILES string of the molecule is COC(C(=O)N1CCC(n2nc(C(C)C)cc2C(C)C)CC1)c1ccccc1. The van der Waals surface area contributed by atoms with Crippen LogP contribution in [-0.2, 0) is 9.53 Å². The van der Waals surface area contributed by atoms with Crippen molar-refractivity contribution in [2.24, 2.45) is 0 Å². The molecule has 1 aliphatic rings. The van der Waals surface area contributed by atoms with E-state index in [1.807, 2.05) is 35.2 Å². The number of benzene rings is 1. The van der Waals surface area contributed by atoms with Gasteiger partial charge in [0.05, 0.1) is 11.7 Å². The zero-order valence-electron chi connectivity index (χ0n) is 17.8. The molecule has 28 heavy (non-hydrogen) atoms. The van der Waals surface area contributed by atoms with E-state index in [4.69, 9.17) is 9.84 Å². The summed E-state index contributed by atoms with van der Waals surface area (Å²) in [6.07, 6.45) is 1.33. The first kappa shape index (κ1) is 20.6. The minimum atomic E-state index is -0.527. The lowest BCUT2D eigenvalue weighted by Crippen LogP contribution is -2.42. The van der Waals surface area contributed by atoms with E-state index in [2.05, 4.69) is 38.4 Å². The summed E-state index contributed by atoms with van der Waals surface area (Å²) in [7, 11) is 1.61. The van der Waals surface area contributed by atoms with E-state index in [0.29, 0.717) is 17.9 Å². The van der Waals surface area contributed by atoms with Crippen LogP contribution < -0.4 is 0 Å². The topological polar surface area (TPSA) is 47.4 Å². The zero-order chi connectivity index (χ0) is 20.3. The van der Waals surface area contributed by atoms with E-state index in [-0.39, 0.29) is 5.91 Å². The highest BCUT2D eigenvalue weighted by Gasteiger charge is 2.31. The lowest BCUT2D eigenvalue weighted by atomic mass is 10.0. The van der Waals surface area contributed by atoms with Crippen LogP contribution >= 0.6 is 0 Å². The Kier molecular flexibility index (Phi) is 6.55. The molecule has 1 saturated heterocycles. The monoisotopic (exact) mass is 383 g/mol. The van der Waals surface area contributed by atoms with Gasteiger partial charge in [-0.05, 0) is 36.3 Å². The molecule has 0 N–H and O–H groups in total. The molecule has 0 radical (unpaired) electrons. The Balaban J connectivity index is 1.70. The minimum absolute atomic E-state index is 0.0552. The average Bonchev–Trinajstić information content (AvgIpc) is 3.16. The molecule has 1 amide bonds. The molecule has 1 aliphatic heterocycles. The third-order valence-corrected chi connectivity index (χ3v) is 5.65. The van der Waals surface area contributed by atoms with Gasteiger partial charge in [0, 0.05) is 25.9 Å². The largest absolute Gasteiger partial charge is 0.367 e. The molecule has 5 heteroatoms. The number of carbonyl (C=O) groups is 1. The number of hydrogen-bond acceptors (Lipinski definition) is 3. The van der Waals surface area contributed by atoms with Crippen LogP contribution in [0.2, 0.25) is 0 Å². The van der Waals surface area contributed by atoms with E-state index in [1.165, 1.54) is 5.69 Å². The molecule has 0 bridgehead atoms. The fraction of sp³-hybridized carbons (Fsp3) is 0.565. The Morgan fingerprint density at radius 1 is 1.07 bits per heavy atom. The van der Waals surface area contributed by atoms with Gasteiger partial charge in [-0.2, -0.15) is 5.10 Å². The van der Waals surface area contributed by atoms with E-state index < -0.39 is 6.10 Å². The molecule has 1 fully saturated rings. The summed E-state index contributed by atoms with van der Waals surface area (Å²) in [5, 5.41) is 4.91. The first-order valence-electron chi connectivity index (χ1n) is 10.4. The summed E-state index contributed by atoms with van der Waals surface area (Å²) in [4.78, 5) is 15.0. The van der Waals surface area contributed by atoms with Crippen LogP contribution in [-0.4, -0.2) is 40.8 Å². The van der Waals surface area contributed by atoms with Gasteiger partial charge in [0.25, 0.3) is 5.91 Å². The van der Waals surface area contributed by atoms with Crippen LogP contribution in [0.25, 0.3) is 0 Å². The number of aromatic nitrogens is 2. The number of hydrogen-bond donors (Lipinski definition) is 0. The van der Waals surface area contributed by atoms with Crippen molar-refractivity contribution in [2.75, 3.05) is 20.2 Å². The van der Waals surface area contributed by atoms with Crippen LogP contribution in [0.15, 0.2) is 36.4 Å². The van der Waals surface area contributed by atoms with Crippen LogP contribution in [0, 0.1) is 0 Å². The highest BCUT2D eigenvalue weighted by Crippen LogP contribution is 2.30. The second-order valence-electron chi connectivity index (χ2n) is 8.33. The molecule has 0 aliphatic carbocycles. The molecule has 0 saturated carbocycles. The number of amides is 1. The van der Waals surface area contributed by atoms with Gasteiger partial charge in [-0.15, -0.1) is 0 Å². The highest BCUT2D eigenvalue weighted by atomic mass is 16.5. The Labute approximate surface area is 168 Å². The molecule has 3 rings (SSSR count). The lowest BCUT2D eigenvalue weighted by molar-refractivity contribution is -0.143. The third-order valence-electron chi connectivity index (χ3n) is 5.65. The number of rotatable bonds is 6. The van der Waals surface area contributed by atoms with Gasteiger partial charge < -0.3 is 9.64 Å². The number of nitrogens with zero attached hydrogens (tertiary/aromatic N) is 3.